The Morgan fingerprint density at radius 2 is 1.91 bits per heavy atom. The van der Waals surface area contributed by atoms with Crippen LogP contribution in [0, 0.1) is 5.82 Å². The van der Waals surface area contributed by atoms with Crippen LogP contribution in [0.4, 0.5) is 21.5 Å². The number of hydrogen-bond donors (Lipinski definition) is 3. The summed E-state index contributed by atoms with van der Waals surface area (Å²) >= 11 is 6.15. The second-order valence-electron chi connectivity index (χ2n) is 8.95. The van der Waals surface area contributed by atoms with Gasteiger partial charge in [0.1, 0.15) is 11.7 Å². The second kappa shape index (κ2) is 9.65. The van der Waals surface area contributed by atoms with Crippen molar-refractivity contribution in [1.29, 1.82) is 0 Å². The van der Waals surface area contributed by atoms with Crippen LogP contribution in [0.5, 0.6) is 0 Å². The van der Waals surface area contributed by atoms with Crippen LogP contribution in [0.1, 0.15) is 18.4 Å². The van der Waals surface area contributed by atoms with Crippen LogP contribution in [-0.2, 0) is 6.54 Å². The highest BCUT2D eigenvalue weighted by Crippen LogP contribution is 2.40. The molecule has 32 heavy (non-hydrogen) atoms. The SMILES string of the molecule is CN(C)CCN(C)c1cc2c(cc1F)N=C(NCc1cccc(Cl)c1)C1(CCNCC1)N2. The first-order chi connectivity index (χ1) is 15.4. The lowest BCUT2D eigenvalue weighted by molar-refractivity contribution is 0.412. The summed E-state index contributed by atoms with van der Waals surface area (Å²) in [6, 6.07) is 11.2. The Labute approximate surface area is 194 Å². The molecule has 4 rings (SSSR count). The maximum atomic E-state index is 15.0. The first-order valence-electron chi connectivity index (χ1n) is 11.1. The fraction of sp³-hybridized carbons (Fsp3) is 0.458. The van der Waals surface area contributed by atoms with E-state index in [4.69, 9.17) is 16.6 Å². The second-order valence-corrected chi connectivity index (χ2v) is 9.38. The molecule has 2 aromatic rings. The van der Waals surface area contributed by atoms with Gasteiger partial charge in [-0.15, -0.1) is 0 Å². The fourth-order valence-electron chi connectivity index (χ4n) is 4.31. The van der Waals surface area contributed by atoms with Crippen molar-refractivity contribution in [2.75, 3.05) is 57.5 Å². The highest BCUT2D eigenvalue weighted by Gasteiger charge is 2.40. The average molecular weight is 459 g/mol. The Bertz CT molecular complexity index is 986. The van der Waals surface area contributed by atoms with E-state index in [0.29, 0.717) is 22.9 Å². The van der Waals surface area contributed by atoms with E-state index in [2.05, 4.69) is 20.9 Å². The quantitative estimate of drug-likeness (QED) is 0.614. The number of aliphatic imine (C=N–C) groups is 1. The minimum atomic E-state index is -0.297. The zero-order valence-corrected chi connectivity index (χ0v) is 19.8. The Hall–Kier alpha value is -2.35. The van der Waals surface area contributed by atoms with Crippen LogP contribution >= 0.6 is 11.6 Å². The van der Waals surface area contributed by atoms with Crippen molar-refractivity contribution in [2.24, 2.45) is 4.99 Å². The number of likely N-dealkylation sites (N-methyl/N-ethyl adjacent to an activating group) is 2. The predicted octanol–water partition coefficient (Wildman–Crippen LogP) is 3.84. The van der Waals surface area contributed by atoms with Crippen molar-refractivity contribution in [3.63, 3.8) is 0 Å². The zero-order chi connectivity index (χ0) is 22.7. The first kappa shape index (κ1) is 22.8. The Morgan fingerprint density at radius 3 is 2.62 bits per heavy atom. The molecular weight excluding hydrogens is 427 g/mol. The summed E-state index contributed by atoms with van der Waals surface area (Å²) in [5.41, 5.74) is 2.89. The van der Waals surface area contributed by atoms with Gasteiger partial charge in [-0.3, -0.25) is 0 Å². The van der Waals surface area contributed by atoms with E-state index in [1.807, 2.05) is 56.4 Å². The van der Waals surface area contributed by atoms with E-state index in [1.165, 1.54) is 0 Å². The van der Waals surface area contributed by atoms with E-state index in [-0.39, 0.29) is 11.4 Å². The maximum Gasteiger partial charge on any atom is 0.148 e. The number of piperidine rings is 1. The summed E-state index contributed by atoms with van der Waals surface area (Å²) in [6.07, 6.45) is 1.80. The van der Waals surface area contributed by atoms with Crippen molar-refractivity contribution >= 4 is 34.5 Å². The number of anilines is 2. The van der Waals surface area contributed by atoms with E-state index < -0.39 is 0 Å². The number of benzene rings is 2. The molecule has 2 heterocycles. The van der Waals surface area contributed by atoms with Crippen molar-refractivity contribution in [1.82, 2.24) is 15.5 Å². The minimum absolute atomic E-state index is 0.258. The molecule has 1 fully saturated rings. The lowest BCUT2D eigenvalue weighted by Gasteiger charge is -2.43. The summed E-state index contributed by atoms with van der Waals surface area (Å²) < 4.78 is 15.0. The Kier molecular flexibility index (Phi) is 6.88. The highest BCUT2D eigenvalue weighted by molar-refractivity contribution is 6.30. The number of fused-ring (bicyclic) bond motifs is 1. The van der Waals surface area contributed by atoms with Gasteiger partial charge in [-0.05, 0) is 63.8 Å². The lowest BCUT2D eigenvalue weighted by Crippen LogP contribution is -2.58. The van der Waals surface area contributed by atoms with Crippen LogP contribution in [0.25, 0.3) is 0 Å². The molecule has 6 nitrogen and oxygen atoms in total. The molecule has 172 valence electrons. The molecule has 0 unspecified atom stereocenters. The fourth-order valence-corrected chi connectivity index (χ4v) is 4.52. The molecule has 2 aliphatic rings. The van der Waals surface area contributed by atoms with Crippen molar-refractivity contribution in [3.8, 4) is 0 Å². The topological polar surface area (TPSA) is 54.9 Å². The zero-order valence-electron chi connectivity index (χ0n) is 19.0. The molecule has 1 spiro atoms. The van der Waals surface area contributed by atoms with Crippen LogP contribution < -0.4 is 20.9 Å². The van der Waals surface area contributed by atoms with Crippen LogP contribution in [0.15, 0.2) is 41.4 Å². The summed E-state index contributed by atoms with van der Waals surface area (Å²) in [5, 5.41) is 11.4. The average Bonchev–Trinajstić information content (AvgIpc) is 2.76. The standard InChI is InChI=1S/C24H32ClFN6/c1-31(2)11-12-32(3)22-15-21-20(14-19(22)26)29-23(24(30-21)7-9-27-10-8-24)28-16-17-5-4-6-18(25)13-17/h4-6,13-15,27,30H,7-12,16H2,1-3H3,(H,28,29). The number of rotatable bonds is 6. The van der Waals surface area contributed by atoms with E-state index in [0.717, 1.165) is 56.1 Å². The molecule has 0 atom stereocenters. The molecule has 0 amide bonds. The van der Waals surface area contributed by atoms with Gasteiger partial charge in [0.05, 0.1) is 22.6 Å². The van der Waals surface area contributed by atoms with Crippen molar-refractivity contribution in [3.05, 3.63) is 52.8 Å². The number of halogens is 2. The number of nitrogens with zero attached hydrogens (tertiary/aromatic N) is 3. The van der Waals surface area contributed by atoms with Crippen molar-refractivity contribution in [2.45, 2.75) is 24.9 Å². The van der Waals surface area contributed by atoms with Gasteiger partial charge in [-0.25, -0.2) is 9.38 Å². The van der Waals surface area contributed by atoms with Crippen molar-refractivity contribution < 1.29 is 4.39 Å². The Morgan fingerprint density at radius 1 is 1.12 bits per heavy atom. The van der Waals surface area contributed by atoms with Gasteiger partial charge in [-0.2, -0.15) is 0 Å². The van der Waals surface area contributed by atoms with E-state index >= 15 is 4.39 Å². The predicted molar refractivity (Wildman–Crippen MR) is 132 cm³/mol. The number of hydrogen-bond acceptors (Lipinski definition) is 6. The summed E-state index contributed by atoms with van der Waals surface area (Å²) in [6.45, 7) is 4.01. The third kappa shape index (κ3) is 5.00. The van der Waals surface area contributed by atoms with Gasteiger partial charge < -0.3 is 25.8 Å². The van der Waals surface area contributed by atoms with Gasteiger partial charge in [0.2, 0.25) is 0 Å². The van der Waals surface area contributed by atoms with E-state index in [1.54, 1.807) is 6.07 Å². The van der Waals surface area contributed by atoms with Gasteiger partial charge in [0.25, 0.3) is 0 Å². The Balaban J connectivity index is 1.63. The third-order valence-electron chi connectivity index (χ3n) is 6.22. The third-order valence-corrected chi connectivity index (χ3v) is 6.46. The minimum Gasteiger partial charge on any atom is -0.371 e. The first-order valence-corrected chi connectivity index (χ1v) is 11.5. The normalized spacial score (nSPS) is 17.0. The molecule has 2 aliphatic heterocycles. The molecule has 0 radical (unpaired) electrons. The molecule has 1 saturated heterocycles. The smallest absolute Gasteiger partial charge is 0.148 e. The molecule has 0 bridgehead atoms. The van der Waals surface area contributed by atoms with Crippen LogP contribution in [0.3, 0.4) is 0 Å². The molecule has 8 heteroatoms. The molecular formula is C24H32ClFN6. The largest absolute Gasteiger partial charge is 0.371 e. The maximum absolute atomic E-state index is 15.0. The molecule has 0 aliphatic carbocycles. The van der Waals surface area contributed by atoms with Gasteiger partial charge in [-0.1, -0.05) is 23.7 Å². The molecule has 0 saturated carbocycles. The monoisotopic (exact) mass is 458 g/mol. The summed E-state index contributed by atoms with van der Waals surface area (Å²) in [5.74, 6) is 0.602. The van der Waals surface area contributed by atoms with Gasteiger partial charge in [0.15, 0.2) is 0 Å². The molecule has 0 aromatic heterocycles. The summed E-state index contributed by atoms with van der Waals surface area (Å²) in [4.78, 5) is 8.97. The number of nitrogens with one attached hydrogen (secondary N) is 3. The number of amidine groups is 1. The van der Waals surface area contributed by atoms with Crippen LogP contribution in [0.2, 0.25) is 5.02 Å². The molecule has 2 aromatic carbocycles. The van der Waals surface area contributed by atoms with Crippen LogP contribution in [-0.4, -0.2) is 63.6 Å². The highest BCUT2D eigenvalue weighted by atomic mass is 35.5. The lowest BCUT2D eigenvalue weighted by atomic mass is 9.85. The van der Waals surface area contributed by atoms with Gasteiger partial charge >= 0.3 is 0 Å². The van der Waals surface area contributed by atoms with E-state index in [9.17, 15) is 0 Å². The summed E-state index contributed by atoms with van der Waals surface area (Å²) in [7, 11) is 5.97. The van der Waals surface area contributed by atoms with Gasteiger partial charge in [0, 0.05) is 37.8 Å². The molecule has 3 N–H and O–H groups in total.